The molecule has 0 saturated heterocycles. The number of amidine groups is 1. The SMILES string of the molecule is NC(=NO)c1ccc(Oc2cccc(F)c2F)cc1Cl. The molecule has 4 nitrogen and oxygen atoms in total. The zero-order chi connectivity index (χ0) is 14.7. The van der Waals surface area contributed by atoms with Crippen LogP contribution in [0.5, 0.6) is 11.5 Å². The second kappa shape index (κ2) is 5.75. The summed E-state index contributed by atoms with van der Waals surface area (Å²) in [7, 11) is 0. The van der Waals surface area contributed by atoms with Crippen LogP contribution in [-0.2, 0) is 0 Å². The maximum atomic E-state index is 13.4. The Balaban J connectivity index is 2.31. The summed E-state index contributed by atoms with van der Waals surface area (Å²) in [6.45, 7) is 0. The average Bonchev–Trinajstić information content (AvgIpc) is 2.43. The molecule has 20 heavy (non-hydrogen) atoms. The van der Waals surface area contributed by atoms with Crippen molar-refractivity contribution in [2.45, 2.75) is 0 Å². The molecule has 104 valence electrons. The number of hydrogen-bond donors (Lipinski definition) is 2. The van der Waals surface area contributed by atoms with Crippen LogP contribution < -0.4 is 10.5 Å². The van der Waals surface area contributed by atoms with Gasteiger partial charge in [-0.15, -0.1) is 0 Å². The van der Waals surface area contributed by atoms with Crippen LogP contribution in [0.4, 0.5) is 8.78 Å². The average molecular weight is 299 g/mol. The van der Waals surface area contributed by atoms with E-state index in [9.17, 15) is 8.78 Å². The van der Waals surface area contributed by atoms with Crippen molar-refractivity contribution in [3.63, 3.8) is 0 Å². The van der Waals surface area contributed by atoms with E-state index in [0.29, 0.717) is 5.56 Å². The van der Waals surface area contributed by atoms with Gasteiger partial charge in [0, 0.05) is 11.6 Å². The van der Waals surface area contributed by atoms with Gasteiger partial charge in [0.25, 0.3) is 0 Å². The minimum absolute atomic E-state index is 0.148. The van der Waals surface area contributed by atoms with Crippen molar-refractivity contribution in [1.82, 2.24) is 0 Å². The molecule has 0 aromatic heterocycles. The number of hydrogen-bond acceptors (Lipinski definition) is 3. The Morgan fingerprint density at radius 2 is 2.00 bits per heavy atom. The Labute approximate surface area is 118 Å². The fraction of sp³-hybridized carbons (Fsp3) is 0. The summed E-state index contributed by atoms with van der Waals surface area (Å²) in [4.78, 5) is 0. The molecule has 2 aromatic carbocycles. The van der Waals surface area contributed by atoms with Crippen LogP contribution in [0.2, 0.25) is 5.02 Å². The van der Waals surface area contributed by atoms with E-state index in [-0.39, 0.29) is 22.4 Å². The lowest BCUT2D eigenvalue weighted by Crippen LogP contribution is -2.13. The third-order valence-corrected chi connectivity index (χ3v) is 2.78. The van der Waals surface area contributed by atoms with E-state index in [2.05, 4.69) is 5.16 Å². The summed E-state index contributed by atoms with van der Waals surface area (Å²) in [5.74, 6) is -2.35. The van der Waals surface area contributed by atoms with Crippen LogP contribution in [0.25, 0.3) is 0 Å². The van der Waals surface area contributed by atoms with Gasteiger partial charge in [-0.25, -0.2) is 4.39 Å². The molecule has 0 spiro atoms. The van der Waals surface area contributed by atoms with Gasteiger partial charge in [0.1, 0.15) is 5.75 Å². The molecule has 3 N–H and O–H groups in total. The van der Waals surface area contributed by atoms with Crippen molar-refractivity contribution in [3.05, 3.63) is 58.6 Å². The van der Waals surface area contributed by atoms with E-state index in [1.807, 2.05) is 0 Å². The first kappa shape index (κ1) is 14.1. The van der Waals surface area contributed by atoms with Crippen LogP contribution in [0.1, 0.15) is 5.56 Å². The monoisotopic (exact) mass is 298 g/mol. The molecule has 0 aliphatic rings. The number of benzene rings is 2. The number of ether oxygens (including phenoxy) is 1. The molecule has 0 fully saturated rings. The number of oxime groups is 1. The van der Waals surface area contributed by atoms with Crippen molar-refractivity contribution in [2.24, 2.45) is 10.9 Å². The first-order valence-electron chi connectivity index (χ1n) is 5.42. The lowest BCUT2D eigenvalue weighted by atomic mass is 10.2. The van der Waals surface area contributed by atoms with Gasteiger partial charge in [-0.2, -0.15) is 4.39 Å². The molecule has 0 aliphatic heterocycles. The van der Waals surface area contributed by atoms with Crippen molar-refractivity contribution in [1.29, 1.82) is 0 Å². The Kier molecular flexibility index (Phi) is 4.05. The molecular formula is C13H9ClF2N2O2. The van der Waals surface area contributed by atoms with Crippen LogP contribution in [0, 0.1) is 11.6 Å². The molecule has 0 saturated carbocycles. The Bertz CT molecular complexity index is 677. The summed E-state index contributed by atoms with van der Waals surface area (Å²) in [5.41, 5.74) is 5.70. The van der Waals surface area contributed by atoms with E-state index in [0.717, 1.165) is 6.07 Å². The summed E-state index contributed by atoms with van der Waals surface area (Å²) in [6.07, 6.45) is 0. The van der Waals surface area contributed by atoms with Gasteiger partial charge in [-0.05, 0) is 24.3 Å². The zero-order valence-electron chi connectivity index (χ0n) is 9.98. The standard InChI is InChI=1S/C13H9ClF2N2O2/c14-9-6-7(4-5-8(9)13(17)18-19)20-11-3-1-2-10(15)12(11)16/h1-6,19H,(H2,17,18). The minimum Gasteiger partial charge on any atom is -0.454 e. The van der Waals surface area contributed by atoms with Crippen LogP contribution in [-0.4, -0.2) is 11.0 Å². The highest BCUT2D eigenvalue weighted by Gasteiger charge is 2.11. The van der Waals surface area contributed by atoms with Gasteiger partial charge >= 0.3 is 0 Å². The fourth-order valence-corrected chi connectivity index (χ4v) is 1.78. The van der Waals surface area contributed by atoms with Crippen LogP contribution >= 0.6 is 11.6 Å². The highest BCUT2D eigenvalue weighted by atomic mass is 35.5. The van der Waals surface area contributed by atoms with Gasteiger partial charge in [-0.3, -0.25) is 0 Å². The van der Waals surface area contributed by atoms with Gasteiger partial charge < -0.3 is 15.7 Å². The van der Waals surface area contributed by atoms with E-state index in [1.54, 1.807) is 0 Å². The van der Waals surface area contributed by atoms with E-state index in [1.165, 1.54) is 30.3 Å². The summed E-state index contributed by atoms with van der Waals surface area (Å²) < 4.78 is 31.7. The quantitative estimate of drug-likeness (QED) is 0.394. The maximum absolute atomic E-state index is 13.4. The molecule has 0 amide bonds. The van der Waals surface area contributed by atoms with E-state index in [4.69, 9.17) is 27.3 Å². The molecule has 0 unspecified atom stereocenters. The van der Waals surface area contributed by atoms with E-state index >= 15 is 0 Å². The number of halogens is 3. The van der Waals surface area contributed by atoms with Crippen molar-refractivity contribution >= 4 is 17.4 Å². The molecule has 2 rings (SSSR count). The number of rotatable bonds is 3. The molecule has 2 aromatic rings. The predicted molar refractivity (Wildman–Crippen MR) is 70.4 cm³/mol. The summed E-state index contributed by atoms with van der Waals surface area (Å²) in [6, 6.07) is 7.80. The van der Waals surface area contributed by atoms with Gasteiger partial charge in [0.15, 0.2) is 17.4 Å². The smallest absolute Gasteiger partial charge is 0.201 e. The third-order valence-electron chi connectivity index (χ3n) is 2.47. The molecule has 0 bridgehead atoms. The minimum atomic E-state index is -1.09. The predicted octanol–water partition coefficient (Wildman–Crippen LogP) is 3.51. The second-order valence-corrected chi connectivity index (χ2v) is 4.19. The molecular weight excluding hydrogens is 290 g/mol. The second-order valence-electron chi connectivity index (χ2n) is 3.78. The maximum Gasteiger partial charge on any atom is 0.201 e. The van der Waals surface area contributed by atoms with Gasteiger partial charge in [0.2, 0.25) is 5.82 Å². The Hall–Kier alpha value is -2.34. The Morgan fingerprint density at radius 1 is 1.25 bits per heavy atom. The zero-order valence-corrected chi connectivity index (χ0v) is 10.7. The molecule has 0 atom stereocenters. The third kappa shape index (κ3) is 2.80. The molecule has 0 radical (unpaired) electrons. The van der Waals surface area contributed by atoms with Gasteiger partial charge in [-0.1, -0.05) is 22.8 Å². The lowest BCUT2D eigenvalue weighted by Gasteiger charge is -2.09. The van der Waals surface area contributed by atoms with Crippen LogP contribution in [0.3, 0.4) is 0 Å². The largest absolute Gasteiger partial charge is 0.454 e. The van der Waals surface area contributed by atoms with Crippen molar-refractivity contribution < 1.29 is 18.7 Å². The van der Waals surface area contributed by atoms with Crippen molar-refractivity contribution in [2.75, 3.05) is 0 Å². The number of nitrogens with zero attached hydrogens (tertiary/aromatic N) is 1. The van der Waals surface area contributed by atoms with Crippen molar-refractivity contribution in [3.8, 4) is 11.5 Å². The highest BCUT2D eigenvalue weighted by Crippen LogP contribution is 2.29. The summed E-state index contributed by atoms with van der Waals surface area (Å²) >= 11 is 5.92. The first-order chi connectivity index (χ1) is 9.52. The normalized spacial score (nSPS) is 11.4. The molecule has 7 heteroatoms. The number of nitrogens with two attached hydrogens (primary N) is 1. The first-order valence-corrected chi connectivity index (χ1v) is 5.80. The van der Waals surface area contributed by atoms with Gasteiger partial charge in [0.05, 0.1) is 5.02 Å². The highest BCUT2D eigenvalue weighted by molar-refractivity contribution is 6.34. The fourth-order valence-electron chi connectivity index (χ4n) is 1.51. The molecule has 0 heterocycles. The lowest BCUT2D eigenvalue weighted by molar-refractivity contribution is 0.318. The Morgan fingerprint density at radius 3 is 2.65 bits per heavy atom. The van der Waals surface area contributed by atoms with Crippen LogP contribution in [0.15, 0.2) is 41.6 Å². The molecule has 0 aliphatic carbocycles. The van der Waals surface area contributed by atoms with E-state index < -0.39 is 11.6 Å². The topological polar surface area (TPSA) is 67.8 Å². The summed E-state index contributed by atoms with van der Waals surface area (Å²) in [5, 5.41) is 11.5.